The highest BCUT2D eigenvalue weighted by molar-refractivity contribution is 6.05. The van der Waals surface area contributed by atoms with Crippen LogP contribution < -0.4 is 0 Å². The zero-order valence-electron chi connectivity index (χ0n) is 35.2. The van der Waals surface area contributed by atoms with Crippen molar-refractivity contribution in [1.29, 1.82) is 0 Å². The number of carbonyl (C=O) groups excluding carboxylic acids is 4. The van der Waals surface area contributed by atoms with Gasteiger partial charge >= 0.3 is 5.97 Å². The smallest absolute Gasteiger partial charge is 0.329 e. The summed E-state index contributed by atoms with van der Waals surface area (Å²) in [4.78, 5) is 56.5. The highest BCUT2D eigenvalue weighted by Gasteiger charge is 2.42. The van der Waals surface area contributed by atoms with Gasteiger partial charge in [-0.1, -0.05) is 45.4 Å². The second-order valence-electron chi connectivity index (χ2n) is 16.9. The van der Waals surface area contributed by atoms with E-state index < -0.39 is 84.2 Å². The minimum Gasteiger partial charge on any atom is -0.456 e. The molecule has 3 rings (SSSR count). The molecule has 14 atom stereocenters. The first-order valence-electron chi connectivity index (χ1n) is 20.7. The lowest BCUT2D eigenvalue weighted by molar-refractivity contribution is -0.167. The summed E-state index contributed by atoms with van der Waals surface area (Å²) >= 11 is 0. The van der Waals surface area contributed by atoms with Crippen LogP contribution in [0.15, 0.2) is 23.3 Å². The molecule has 1 amide bonds. The highest BCUT2D eigenvalue weighted by atomic mass is 16.5. The van der Waals surface area contributed by atoms with Crippen LogP contribution in [0.4, 0.5) is 0 Å². The number of fused-ring (bicyclic) bond motifs is 1. The van der Waals surface area contributed by atoms with Gasteiger partial charge in [0.15, 0.2) is 11.9 Å². The molecule has 1 saturated heterocycles. The molecule has 0 radical (unpaired) electrons. The first-order valence-corrected chi connectivity index (χ1v) is 20.7. The maximum atomic E-state index is 14.2. The van der Waals surface area contributed by atoms with Crippen molar-refractivity contribution in [1.82, 2.24) is 4.90 Å². The molecule has 56 heavy (non-hydrogen) atoms. The summed E-state index contributed by atoms with van der Waals surface area (Å²) in [5, 5.41) is 44.6. The van der Waals surface area contributed by atoms with E-state index in [1.165, 1.54) is 19.1 Å². The highest BCUT2D eigenvalue weighted by Crippen LogP contribution is 2.33. The Morgan fingerprint density at radius 1 is 0.857 bits per heavy atom. The predicted molar refractivity (Wildman–Crippen MR) is 210 cm³/mol. The monoisotopic (exact) mass is 793 g/mol. The van der Waals surface area contributed by atoms with Crippen molar-refractivity contribution < 1.29 is 58.6 Å². The van der Waals surface area contributed by atoms with Gasteiger partial charge in [-0.15, -0.1) is 0 Å². The topological polar surface area (TPSA) is 189 Å². The molecule has 3 aliphatic rings. The quantitative estimate of drug-likeness (QED) is 0.172. The minimum atomic E-state index is -2.05. The number of aliphatic hydroxyl groups is 4. The van der Waals surface area contributed by atoms with Crippen molar-refractivity contribution >= 4 is 23.4 Å². The largest absolute Gasteiger partial charge is 0.456 e. The Hall–Kier alpha value is -2.52. The number of methoxy groups -OCH3 is 3. The standard InChI is InChI=1S/C43H71NO12/c1-10-30-18-24(2)17-25(3)19-36(54-8)39(49)37(55-9)21-26(4)38(48)40(50)42(51)44-16-12-11-13-31(44)43(52)56-41(28(6)33(46)23-34(30)47)27(5)20-29-14-15-32(45)35(22-29)53-7/h18,20,25-26,28-33,35-37,39-41,45-46,49-50H,10-17,19,21-23H2,1-9H3/b24-18+,27-20+/t25-,26-,28+,29-,30+,31-,32+,33-,35+,36-,37-,39+,40?,41+/m0/s1. The molecule has 0 aromatic rings. The third kappa shape index (κ3) is 12.7. The molecule has 2 aliphatic heterocycles. The van der Waals surface area contributed by atoms with Crippen LogP contribution in [0.2, 0.25) is 0 Å². The minimum absolute atomic E-state index is 0.000404. The molecule has 2 fully saturated rings. The van der Waals surface area contributed by atoms with Gasteiger partial charge in [-0.05, 0) is 95.5 Å². The lowest BCUT2D eigenvalue weighted by Gasteiger charge is -2.38. The molecule has 13 nitrogen and oxygen atoms in total. The first-order chi connectivity index (χ1) is 26.5. The molecule has 4 N–H and O–H groups in total. The van der Waals surface area contributed by atoms with Crippen LogP contribution in [0.3, 0.4) is 0 Å². The van der Waals surface area contributed by atoms with Crippen molar-refractivity contribution in [3.05, 3.63) is 23.3 Å². The van der Waals surface area contributed by atoms with Crippen LogP contribution in [0.25, 0.3) is 0 Å². The van der Waals surface area contributed by atoms with E-state index in [9.17, 15) is 39.6 Å². The fourth-order valence-corrected chi connectivity index (χ4v) is 8.90. The van der Waals surface area contributed by atoms with E-state index in [2.05, 4.69) is 0 Å². The summed E-state index contributed by atoms with van der Waals surface area (Å²) in [6.07, 6.45) is 0.854. The average molecular weight is 794 g/mol. The number of ketones is 2. The number of piperidine rings is 1. The van der Waals surface area contributed by atoms with E-state index in [1.54, 1.807) is 21.0 Å². The normalized spacial score (nSPS) is 39.7. The van der Waals surface area contributed by atoms with Gasteiger partial charge in [0.2, 0.25) is 0 Å². The van der Waals surface area contributed by atoms with Crippen LogP contribution in [-0.4, -0.2) is 132 Å². The van der Waals surface area contributed by atoms with Gasteiger partial charge in [0.1, 0.15) is 24.0 Å². The Bertz CT molecular complexity index is 1370. The molecule has 1 aliphatic carbocycles. The van der Waals surface area contributed by atoms with Crippen LogP contribution >= 0.6 is 0 Å². The molecule has 1 unspecified atom stereocenters. The summed E-state index contributed by atoms with van der Waals surface area (Å²) in [5.74, 6) is -4.53. The summed E-state index contributed by atoms with van der Waals surface area (Å²) in [5.41, 5.74) is 1.65. The van der Waals surface area contributed by atoms with Crippen molar-refractivity contribution in [3.63, 3.8) is 0 Å². The molecular weight excluding hydrogens is 722 g/mol. The second kappa shape index (κ2) is 22.6. The Morgan fingerprint density at radius 2 is 1.50 bits per heavy atom. The van der Waals surface area contributed by atoms with E-state index in [-0.39, 0.29) is 49.5 Å². The summed E-state index contributed by atoms with van der Waals surface area (Å²) < 4.78 is 23.1. The summed E-state index contributed by atoms with van der Waals surface area (Å²) in [6, 6.07) is -1.09. The predicted octanol–water partition coefficient (Wildman–Crippen LogP) is 4.11. The number of Topliss-reactive ketones (excluding diaryl/α,β-unsaturated/α-hetero) is 2. The number of rotatable bonds is 6. The maximum Gasteiger partial charge on any atom is 0.329 e. The van der Waals surface area contributed by atoms with Crippen molar-refractivity contribution in [3.8, 4) is 0 Å². The number of cyclic esters (lactones) is 1. The molecule has 0 bridgehead atoms. The molecule has 1 saturated carbocycles. The number of hydrogen-bond donors (Lipinski definition) is 4. The molecular formula is C43H71NO12. The number of esters is 1. The van der Waals surface area contributed by atoms with E-state index >= 15 is 0 Å². The fourth-order valence-electron chi connectivity index (χ4n) is 8.90. The van der Waals surface area contributed by atoms with Crippen LogP contribution in [0.5, 0.6) is 0 Å². The van der Waals surface area contributed by atoms with Gasteiger partial charge in [0, 0.05) is 52.0 Å². The molecule has 320 valence electrons. The Morgan fingerprint density at radius 3 is 2.12 bits per heavy atom. The lowest BCUT2D eigenvalue weighted by Crippen LogP contribution is -2.55. The maximum absolute atomic E-state index is 14.2. The summed E-state index contributed by atoms with van der Waals surface area (Å²) in [7, 11) is 4.48. The van der Waals surface area contributed by atoms with Crippen molar-refractivity contribution in [2.24, 2.45) is 29.6 Å². The van der Waals surface area contributed by atoms with Gasteiger partial charge in [0.05, 0.1) is 30.5 Å². The second-order valence-corrected chi connectivity index (χ2v) is 16.9. The number of aliphatic hydroxyl groups excluding tert-OH is 4. The van der Waals surface area contributed by atoms with Gasteiger partial charge in [-0.25, -0.2) is 4.79 Å². The number of nitrogens with zero attached hydrogens (tertiary/aromatic N) is 1. The molecule has 0 aromatic heterocycles. The average Bonchev–Trinajstić information content (AvgIpc) is 3.18. The van der Waals surface area contributed by atoms with E-state index in [4.69, 9.17) is 18.9 Å². The molecule has 0 spiro atoms. The van der Waals surface area contributed by atoms with Crippen molar-refractivity contribution in [2.45, 2.75) is 167 Å². The number of amides is 1. The zero-order chi connectivity index (χ0) is 41.9. The molecule has 2 heterocycles. The lowest BCUT2D eigenvalue weighted by atomic mass is 9.81. The Kier molecular flexibility index (Phi) is 19.3. The van der Waals surface area contributed by atoms with E-state index in [0.717, 1.165) is 5.57 Å². The number of carbonyl (C=O) groups is 4. The van der Waals surface area contributed by atoms with Gasteiger partial charge in [-0.3, -0.25) is 14.4 Å². The molecule has 13 heteroatoms. The third-order valence-electron chi connectivity index (χ3n) is 12.4. The van der Waals surface area contributed by atoms with E-state index in [1.807, 2.05) is 39.8 Å². The summed E-state index contributed by atoms with van der Waals surface area (Å²) in [6.45, 7) is 11.2. The zero-order valence-corrected chi connectivity index (χ0v) is 35.2. The van der Waals surface area contributed by atoms with Gasteiger partial charge < -0.3 is 44.3 Å². The van der Waals surface area contributed by atoms with Crippen LogP contribution in [0.1, 0.15) is 112 Å². The SMILES string of the molecule is CC[C@@H]1/C=C(\C)C[C@H](C)C[C@H](OC)[C@@H](O)[C@@H](OC)C[C@H](C)C(=O)C(O)C(=O)N2CCCC[C@H]2C(=O)O[C@H](/C(C)=C/[C@@H]2CC[C@@H](O)[C@H](OC)C2)[C@H](C)[C@@H](O)CC1=O. The van der Waals surface area contributed by atoms with Crippen LogP contribution in [0, 0.1) is 29.6 Å². The Balaban J connectivity index is 2.05. The van der Waals surface area contributed by atoms with Crippen LogP contribution in [-0.2, 0) is 38.1 Å². The third-order valence-corrected chi connectivity index (χ3v) is 12.4. The Labute approximate surface area is 334 Å². The van der Waals surface area contributed by atoms with Gasteiger partial charge in [-0.2, -0.15) is 0 Å². The molecule has 0 aromatic carbocycles. The number of hydrogen-bond acceptors (Lipinski definition) is 12. The number of ether oxygens (including phenoxy) is 4. The van der Waals surface area contributed by atoms with Gasteiger partial charge in [0.25, 0.3) is 5.91 Å². The van der Waals surface area contributed by atoms with Crippen molar-refractivity contribution in [2.75, 3.05) is 27.9 Å². The first kappa shape index (κ1) is 47.9. The number of allylic oxidation sites excluding steroid dienone is 3. The fraction of sp³-hybridized carbons (Fsp3) is 0.814. The van der Waals surface area contributed by atoms with E-state index in [0.29, 0.717) is 56.9 Å².